The van der Waals surface area contributed by atoms with Gasteiger partial charge in [0.25, 0.3) is 5.91 Å². The number of nitrogens with zero attached hydrogens (tertiary/aromatic N) is 7. The average Bonchev–Trinajstić information content (AvgIpc) is 2.84. The summed E-state index contributed by atoms with van der Waals surface area (Å²) in [6, 6.07) is 7.52. The monoisotopic (exact) mass is 405 g/mol. The number of morpholine rings is 1. The van der Waals surface area contributed by atoms with Crippen molar-refractivity contribution in [2.75, 3.05) is 62.3 Å². The number of rotatable bonds is 3. The fourth-order valence-electron chi connectivity index (χ4n) is 3.89. The van der Waals surface area contributed by atoms with Gasteiger partial charge in [-0.05, 0) is 18.2 Å². The lowest BCUT2D eigenvalue weighted by atomic mass is 10.1. The lowest BCUT2D eigenvalue weighted by molar-refractivity contribution is 0.0746. The van der Waals surface area contributed by atoms with Gasteiger partial charge in [0.2, 0.25) is 0 Å². The Hall–Kier alpha value is -3.33. The van der Waals surface area contributed by atoms with E-state index in [4.69, 9.17) is 4.74 Å². The first-order chi connectivity index (χ1) is 14.8. The molecule has 2 aliphatic rings. The Morgan fingerprint density at radius 2 is 1.43 bits per heavy atom. The molecule has 1 aromatic carbocycles. The van der Waals surface area contributed by atoms with Gasteiger partial charge in [-0.2, -0.15) is 0 Å². The van der Waals surface area contributed by atoms with Gasteiger partial charge in [0.05, 0.1) is 24.2 Å². The zero-order chi connectivity index (χ0) is 20.3. The molecule has 9 heteroatoms. The van der Waals surface area contributed by atoms with E-state index >= 15 is 0 Å². The Balaban J connectivity index is 1.25. The zero-order valence-corrected chi connectivity index (χ0v) is 16.6. The van der Waals surface area contributed by atoms with E-state index in [2.05, 4.69) is 29.7 Å². The number of piperazine rings is 1. The van der Waals surface area contributed by atoms with Crippen LogP contribution in [0.5, 0.6) is 0 Å². The predicted molar refractivity (Wildman–Crippen MR) is 113 cm³/mol. The molecule has 2 aliphatic heterocycles. The quantitative estimate of drug-likeness (QED) is 0.643. The molecule has 0 unspecified atom stereocenters. The third-order valence-electron chi connectivity index (χ3n) is 5.58. The van der Waals surface area contributed by atoms with Gasteiger partial charge in [-0.15, -0.1) is 0 Å². The van der Waals surface area contributed by atoms with Gasteiger partial charge in [-0.1, -0.05) is 0 Å². The number of ether oxygens (including phenoxy) is 1. The summed E-state index contributed by atoms with van der Waals surface area (Å²) >= 11 is 0. The normalized spacial score (nSPS) is 17.4. The molecule has 30 heavy (non-hydrogen) atoms. The van der Waals surface area contributed by atoms with Crippen molar-refractivity contribution in [1.29, 1.82) is 0 Å². The number of aromatic nitrogens is 4. The number of hydrogen-bond donors (Lipinski definition) is 0. The highest BCUT2D eigenvalue weighted by Gasteiger charge is 2.24. The summed E-state index contributed by atoms with van der Waals surface area (Å²) in [6.07, 6.45) is 4.91. The molecule has 2 saturated heterocycles. The first-order valence-electron chi connectivity index (χ1n) is 10.2. The molecule has 3 aromatic rings. The number of fused-ring (bicyclic) bond motifs is 1. The number of anilines is 2. The third kappa shape index (κ3) is 3.76. The molecule has 9 nitrogen and oxygen atoms in total. The summed E-state index contributed by atoms with van der Waals surface area (Å²) in [5.74, 6) is 1.86. The molecular formula is C21H23N7O2. The highest BCUT2D eigenvalue weighted by molar-refractivity contribution is 5.97. The van der Waals surface area contributed by atoms with Gasteiger partial charge in [-0.3, -0.25) is 14.8 Å². The topological polar surface area (TPSA) is 87.6 Å². The highest BCUT2D eigenvalue weighted by atomic mass is 16.5. The molecule has 0 N–H and O–H groups in total. The zero-order valence-electron chi connectivity index (χ0n) is 16.6. The molecule has 0 aliphatic carbocycles. The molecule has 2 fully saturated rings. The predicted octanol–water partition coefficient (Wildman–Crippen LogP) is 1.22. The molecule has 0 saturated carbocycles. The van der Waals surface area contributed by atoms with Crippen LogP contribution in [0.3, 0.4) is 0 Å². The van der Waals surface area contributed by atoms with E-state index in [0.29, 0.717) is 18.7 Å². The van der Waals surface area contributed by atoms with E-state index in [-0.39, 0.29) is 5.91 Å². The second-order valence-electron chi connectivity index (χ2n) is 7.37. The van der Waals surface area contributed by atoms with E-state index in [0.717, 1.165) is 62.1 Å². The van der Waals surface area contributed by atoms with E-state index in [1.807, 2.05) is 29.2 Å². The summed E-state index contributed by atoms with van der Waals surface area (Å²) < 4.78 is 5.42. The van der Waals surface area contributed by atoms with Crippen molar-refractivity contribution in [3.63, 3.8) is 0 Å². The standard InChI is InChI=1S/C21H23N7O2/c29-21(16-1-2-17-18(13-16)23-4-3-22-17)28-7-5-26(6-8-28)19-14-20(25-15-24-19)27-9-11-30-12-10-27/h1-4,13-15H,5-12H2. The first kappa shape index (κ1) is 18.7. The van der Waals surface area contributed by atoms with Crippen molar-refractivity contribution in [3.8, 4) is 0 Å². The molecule has 4 heterocycles. The molecule has 0 spiro atoms. The van der Waals surface area contributed by atoms with Gasteiger partial charge in [0.15, 0.2) is 0 Å². The molecule has 1 amide bonds. The van der Waals surface area contributed by atoms with Crippen molar-refractivity contribution >= 4 is 28.6 Å². The van der Waals surface area contributed by atoms with Crippen molar-refractivity contribution in [3.05, 3.63) is 48.5 Å². The van der Waals surface area contributed by atoms with Crippen LogP contribution in [0.4, 0.5) is 11.6 Å². The molecule has 5 rings (SSSR count). The average molecular weight is 405 g/mol. The van der Waals surface area contributed by atoms with E-state index < -0.39 is 0 Å². The van der Waals surface area contributed by atoms with Crippen LogP contribution in [-0.4, -0.2) is 83.2 Å². The van der Waals surface area contributed by atoms with Gasteiger partial charge < -0.3 is 19.4 Å². The number of hydrogen-bond acceptors (Lipinski definition) is 8. The molecule has 0 radical (unpaired) electrons. The Labute approximate surface area is 174 Å². The molecule has 154 valence electrons. The van der Waals surface area contributed by atoms with Crippen LogP contribution >= 0.6 is 0 Å². The van der Waals surface area contributed by atoms with E-state index in [9.17, 15) is 4.79 Å². The highest BCUT2D eigenvalue weighted by Crippen LogP contribution is 2.21. The lowest BCUT2D eigenvalue weighted by Gasteiger charge is -2.36. The van der Waals surface area contributed by atoms with Crippen LogP contribution in [0.25, 0.3) is 11.0 Å². The summed E-state index contributed by atoms with van der Waals surface area (Å²) in [5, 5.41) is 0. The second-order valence-corrected chi connectivity index (χ2v) is 7.37. The Kier molecular flexibility index (Phi) is 5.10. The van der Waals surface area contributed by atoms with Crippen LogP contribution < -0.4 is 9.80 Å². The molecule has 0 atom stereocenters. The van der Waals surface area contributed by atoms with Gasteiger partial charge in [-0.25, -0.2) is 9.97 Å². The van der Waals surface area contributed by atoms with Crippen LogP contribution in [0.1, 0.15) is 10.4 Å². The summed E-state index contributed by atoms with van der Waals surface area (Å²) in [4.78, 5) is 36.7. The minimum absolute atomic E-state index is 0.0268. The number of amides is 1. The largest absolute Gasteiger partial charge is 0.378 e. The van der Waals surface area contributed by atoms with Crippen LogP contribution in [0, 0.1) is 0 Å². The third-order valence-corrected chi connectivity index (χ3v) is 5.58. The van der Waals surface area contributed by atoms with Crippen LogP contribution in [0.15, 0.2) is 43.0 Å². The number of benzene rings is 1. The maximum atomic E-state index is 13.0. The number of carbonyl (C=O) groups excluding carboxylic acids is 1. The maximum absolute atomic E-state index is 13.0. The first-order valence-corrected chi connectivity index (χ1v) is 10.2. The molecule has 2 aromatic heterocycles. The second kappa shape index (κ2) is 8.19. The summed E-state index contributed by atoms with van der Waals surface area (Å²) in [7, 11) is 0. The Bertz CT molecular complexity index is 1050. The lowest BCUT2D eigenvalue weighted by Crippen LogP contribution is -2.49. The Morgan fingerprint density at radius 1 is 0.767 bits per heavy atom. The fourth-order valence-corrected chi connectivity index (χ4v) is 3.89. The minimum atomic E-state index is 0.0268. The molecular weight excluding hydrogens is 382 g/mol. The van der Waals surface area contributed by atoms with Crippen molar-refractivity contribution in [1.82, 2.24) is 24.8 Å². The molecule has 0 bridgehead atoms. The summed E-state index contributed by atoms with van der Waals surface area (Å²) in [5.41, 5.74) is 2.17. The van der Waals surface area contributed by atoms with Crippen molar-refractivity contribution < 1.29 is 9.53 Å². The van der Waals surface area contributed by atoms with Gasteiger partial charge >= 0.3 is 0 Å². The van der Waals surface area contributed by atoms with Gasteiger partial charge in [0.1, 0.15) is 18.0 Å². The maximum Gasteiger partial charge on any atom is 0.254 e. The van der Waals surface area contributed by atoms with Crippen LogP contribution in [-0.2, 0) is 4.74 Å². The van der Waals surface area contributed by atoms with Crippen LogP contribution in [0.2, 0.25) is 0 Å². The smallest absolute Gasteiger partial charge is 0.254 e. The van der Waals surface area contributed by atoms with E-state index in [1.54, 1.807) is 18.7 Å². The summed E-state index contributed by atoms with van der Waals surface area (Å²) in [6.45, 7) is 5.89. The minimum Gasteiger partial charge on any atom is -0.378 e. The van der Waals surface area contributed by atoms with Crippen molar-refractivity contribution in [2.45, 2.75) is 0 Å². The number of carbonyl (C=O) groups is 1. The van der Waals surface area contributed by atoms with E-state index in [1.165, 1.54) is 0 Å². The SMILES string of the molecule is O=C(c1ccc2nccnc2c1)N1CCN(c2cc(N3CCOCC3)ncn2)CC1. The fraction of sp³-hybridized carbons (Fsp3) is 0.381. The van der Waals surface area contributed by atoms with Gasteiger partial charge in [0, 0.05) is 63.3 Å². The van der Waals surface area contributed by atoms with Crippen molar-refractivity contribution in [2.24, 2.45) is 0 Å². The Morgan fingerprint density at radius 3 is 2.17 bits per heavy atom.